The monoisotopic (exact) mass is 298 g/mol. The van der Waals surface area contributed by atoms with E-state index in [0.717, 1.165) is 28.4 Å². The molecule has 2 aromatic rings. The van der Waals surface area contributed by atoms with E-state index in [-0.39, 0.29) is 11.9 Å². The van der Waals surface area contributed by atoms with Crippen molar-refractivity contribution < 1.29 is 4.79 Å². The maximum atomic E-state index is 11.5. The minimum absolute atomic E-state index is 0.0159. The zero-order valence-corrected chi connectivity index (χ0v) is 12.3. The normalized spacial score (nSPS) is 10.9. The quantitative estimate of drug-likeness (QED) is 0.890. The molecule has 0 saturated heterocycles. The van der Waals surface area contributed by atoms with Crippen LogP contribution >= 0.6 is 23.3 Å². The number of amides is 1. The van der Waals surface area contributed by atoms with Crippen LogP contribution in [0.1, 0.15) is 20.3 Å². The number of halogens is 1. The van der Waals surface area contributed by atoms with Crippen LogP contribution in [-0.2, 0) is 4.79 Å². The smallest absolute Gasteiger partial charge is 0.221 e. The van der Waals surface area contributed by atoms with Crippen molar-refractivity contribution in [1.29, 1.82) is 0 Å². The van der Waals surface area contributed by atoms with Crippen molar-refractivity contribution in [3.05, 3.63) is 17.2 Å². The fourth-order valence-electron chi connectivity index (χ4n) is 1.69. The van der Waals surface area contributed by atoms with Crippen molar-refractivity contribution in [2.24, 2.45) is 0 Å². The van der Waals surface area contributed by atoms with E-state index in [1.54, 1.807) is 6.07 Å². The van der Waals surface area contributed by atoms with Crippen molar-refractivity contribution in [3.8, 4) is 0 Å². The largest absolute Gasteiger partial charge is 0.381 e. The molecule has 1 aromatic heterocycles. The summed E-state index contributed by atoms with van der Waals surface area (Å²) in [5.41, 5.74) is 2.30. The molecule has 1 heterocycles. The third-order valence-electron chi connectivity index (χ3n) is 2.48. The van der Waals surface area contributed by atoms with Gasteiger partial charge in [0.05, 0.1) is 22.4 Å². The summed E-state index contributed by atoms with van der Waals surface area (Å²) in [5.74, 6) is 0.0159. The van der Waals surface area contributed by atoms with Crippen molar-refractivity contribution in [2.75, 3.05) is 11.9 Å². The maximum absolute atomic E-state index is 11.5. The minimum atomic E-state index is 0.0159. The molecular formula is C12H15ClN4OS. The first-order valence-corrected chi connectivity index (χ1v) is 7.12. The van der Waals surface area contributed by atoms with E-state index in [1.165, 1.54) is 0 Å². The van der Waals surface area contributed by atoms with Crippen LogP contribution < -0.4 is 10.6 Å². The molecule has 5 nitrogen and oxygen atoms in total. The number of carbonyl (C=O) groups excluding carboxylic acids is 1. The van der Waals surface area contributed by atoms with Crippen molar-refractivity contribution >= 4 is 46.0 Å². The average Bonchev–Trinajstić information content (AvgIpc) is 2.79. The number of rotatable bonds is 5. The Bertz CT molecular complexity index is 584. The van der Waals surface area contributed by atoms with Gasteiger partial charge in [0, 0.05) is 19.0 Å². The summed E-state index contributed by atoms with van der Waals surface area (Å²) >= 11 is 7.28. The highest BCUT2D eigenvalue weighted by Crippen LogP contribution is 2.29. The lowest BCUT2D eigenvalue weighted by molar-refractivity contribution is -0.121. The number of carbonyl (C=O) groups is 1. The van der Waals surface area contributed by atoms with Crippen LogP contribution in [0.3, 0.4) is 0 Å². The minimum Gasteiger partial charge on any atom is -0.381 e. The Morgan fingerprint density at radius 2 is 2.21 bits per heavy atom. The highest BCUT2D eigenvalue weighted by molar-refractivity contribution is 7.00. The number of hydrogen-bond acceptors (Lipinski definition) is 5. The Morgan fingerprint density at radius 3 is 2.95 bits per heavy atom. The first kappa shape index (κ1) is 14.0. The third-order valence-corrected chi connectivity index (χ3v) is 3.34. The first-order chi connectivity index (χ1) is 9.08. The fourth-order valence-corrected chi connectivity index (χ4v) is 2.45. The Hall–Kier alpha value is -1.40. The first-order valence-electron chi connectivity index (χ1n) is 6.02. The molecule has 0 saturated carbocycles. The van der Waals surface area contributed by atoms with E-state index in [0.29, 0.717) is 18.0 Å². The molecule has 7 heteroatoms. The van der Waals surface area contributed by atoms with Crippen molar-refractivity contribution in [3.63, 3.8) is 0 Å². The summed E-state index contributed by atoms with van der Waals surface area (Å²) in [7, 11) is 0. The maximum Gasteiger partial charge on any atom is 0.221 e. The number of nitrogens with zero attached hydrogens (tertiary/aromatic N) is 2. The lowest BCUT2D eigenvalue weighted by Gasteiger charge is -2.10. The van der Waals surface area contributed by atoms with Gasteiger partial charge in [0.15, 0.2) is 0 Å². The van der Waals surface area contributed by atoms with E-state index >= 15 is 0 Å². The van der Waals surface area contributed by atoms with Crippen LogP contribution in [-0.4, -0.2) is 27.2 Å². The van der Waals surface area contributed by atoms with E-state index < -0.39 is 0 Å². The van der Waals surface area contributed by atoms with Gasteiger partial charge in [-0.05, 0) is 26.0 Å². The topological polar surface area (TPSA) is 66.9 Å². The lowest BCUT2D eigenvalue weighted by Crippen LogP contribution is -2.31. The molecule has 0 aliphatic carbocycles. The summed E-state index contributed by atoms with van der Waals surface area (Å²) < 4.78 is 8.36. The second-order valence-electron chi connectivity index (χ2n) is 4.45. The van der Waals surface area contributed by atoms with Crippen LogP contribution in [0, 0.1) is 0 Å². The van der Waals surface area contributed by atoms with Crippen molar-refractivity contribution in [1.82, 2.24) is 14.1 Å². The van der Waals surface area contributed by atoms with E-state index in [4.69, 9.17) is 11.6 Å². The summed E-state index contributed by atoms with van der Waals surface area (Å²) in [6.07, 6.45) is 0.391. The molecule has 1 amide bonds. The summed E-state index contributed by atoms with van der Waals surface area (Å²) in [5, 5.41) is 6.58. The molecule has 102 valence electrons. The molecule has 0 fully saturated rings. The number of hydrogen-bond donors (Lipinski definition) is 2. The van der Waals surface area contributed by atoms with Gasteiger partial charge < -0.3 is 10.6 Å². The van der Waals surface area contributed by atoms with Crippen LogP contribution in [0.2, 0.25) is 5.02 Å². The van der Waals surface area contributed by atoms with Gasteiger partial charge in [-0.15, -0.1) is 0 Å². The molecule has 19 heavy (non-hydrogen) atoms. The molecule has 0 aliphatic heterocycles. The molecule has 0 unspecified atom stereocenters. The summed E-state index contributed by atoms with van der Waals surface area (Å²) in [4.78, 5) is 11.5. The molecule has 0 atom stereocenters. The number of benzene rings is 1. The predicted molar refractivity (Wildman–Crippen MR) is 78.8 cm³/mol. The number of anilines is 1. The highest BCUT2D eigenvalue weighted by atomic mass is 35.5. The molecule has 0 aliphatic rings. The van der Waals surface area contributed by atoms with Gasteiger partial charge in [0.2, 0.25) is 5.91 Å². The van der Waals surface area contributed by atoms with Crippen LogP contribution in [0.15, 0.2) is 12.1 Å². The standard InChI is InChI=1S/C12H15ClN4OS/c1-7(2)15-10(18)5-6-14-11-8(13)3-4-9-12(11)17-19-16-9/h3-4,7,14H,5-6H2,1-2H3,(H,15,18). The predicted octanol–water partition coefficient (Wildman–Crippen LogP) is 2.67. The summed E-state index contributed by atoms with van der Waals surface area (Å²) in [6.45, 7) is 4.38. The molecule has 2 N–H and O–H groups in total. The molecule has 1 aromatic carbocycles. The number of aromatic nitrogens is 2. The van der Waals surface area contributed by atoms with Gasteiger partial charge in [-0.25, -0.2) is 0 Å². The van der Waals surface area contributed by atoms with Gasteiger partial charge in [-0.3, -0.25) is 4.79 Å². The second kappa shape index (κ2) is 6.16. The zero-order valence-electron chi connectivity index (χ0n) is 10.7. The molecule has 0 radical (unpaired) electrons. The average molecular weight is 299 g/mol. The Kier molecular flexibility index (Phi) is 4.55. The Labute approximate surface area is 120 Å². The summed E-state index contributed by atoms with van der Waals surface area (Å²) in [6, 6.07) is 3.77. The Morgan fingerprint density at radius 1 is 1.42 bits per heavy atom. The zero-order chi connectivity index (χ0) is 13.8. The van der Waals surface area contributed by atoms with Gasteiger partial charge in [0.25, 0.3) is 0 Å². The molecule has 0 spiro atoms. The highest BCUT2D eigenvalue weighted by Gasteiger charge is 2.10. The second-order valence-corrected chi connectivity index (χ2v) is 5.39. The van der Waals surface area contributed by atoms with Crippen LogP contribution in [0.4, 0.5) is 5.69 Å². The van der Waals surface area contributed by atoms with Gasteiger partial charge in [-0.1, -0.05) is 11.6 Å². The third kappa shape index (κ3) is 3.54. The van der Waals surface area contributed by atoms with Crippen LogP contribution in [0.25, 0.3) is 11.0 Å². The SMILES string of the molecule is CC(C)NC(=O)CCNc1c(Cl)ccc2nsnc12. The van der Waals surface area contributed by atoms with E-state index in [9.17, 15) is 4.79 Å². The van der Waals surface area contributed by atoms with Gasteiger partial charge >= 0.3 is 0 Å². The lowest BCUT2D eigenvalue weighted by atomic mass is 10.2. The fraction of sp³-hybridized carbons (Fsp3) is 0.417. The van der Waals surface area contributed by atoms with Gasteiger partial charge in [0.1, 0.15) is 11.0 Å². The van der Waals surface area contributed by atoms with E-state index in [1.807, 2.05) is 19.9 Å². The Balaban J connectivity index is 2.00. The molecular weight excluding hydrogens is 284 g/mol. The van der Waals surface area contributed by atoms with E-state index in [2.05, 4.69) is 19.4 Å². The van der Waals surface area contributed by atoms with Crippen molar-refractivity contribution in [2.45, 2.75) is 26.3 Å². The van der Waals surface area contributed by atoms with Crippen LogP contribution in [0.5, 0.6) is 0 Å². The molecule has 0 bridgehead atoms. The molecule has 2 rings (SSSR count). The number of nitrogens with one attached hydrogen (secondary N) is 2. The number of fused-ring (bicyclic) bond motifs is 1. The van der Waals surface area contributed by atoms with Gasteiger partial charge in [-0.2, -0.15) is 8.75 Å².